The highest BCUT2D eigenvalue weighted by atomic mass is 16.5. The molecular weight excluding hydrogens is 272 g/mol. The lowest BCUT2D eigenvalue weighted by molar-refractivity contribution is -0.140. The van der Waals surface area contributed by atoms with Crippen LogP contribution >= 0.6 is 0 Å². The van der Waals surface area contributed by atoms with Crippen molar-refractivity contribution in [3.05, 3.63) is 35.4 Å². The highest BCUT2D eigenvalue weighted by molar-refractivity contribution is 5.72. The number of carbonyl (C=O) groups excluding carboxylic acids is 2. The van der Waals surface area contributed by atoms with E-state index >= 15 is 0 Å². The summed E-state index contributed by atoms with van der Waals surface area (Å²) in [6, 6.07) is 8.36. The first-order valence-electron chi connectivity index (χ1n) is 6.43. The SMILES string of the molecule is CC(C)=O.CCOC(C)=O.Cc1ccccc1C.O=CO. The zero-order valence-electron chi connectivity index (χ0n) is 13.7. The van der Waals surface area contributed by atoms with Gasteiger partial charge in [-0.15, -0.1) is 0 Å². The van der Waals surface area contributed by atoms with Crippen molar-refractivity contribution in [3.8, 4) is 0 Å². The zero-order chi connectivity index (χ0) is 17.3. The second-order valence-electron chi connectivity index (χ2n) is 4.02. The van der Waals surface area contributed by atoms with E-state index in [4.69, 9.17) is 9.90 Å². The van der Waals surface area contributed by atoms with Crippen molar-refractivity contribution >= 4 is 18.2 Å². The molecule has 5 heteroatoms. The minimum atomic E-state index is -0.250. The molecular formula is C16H26O5. The van der Waals surface area contributed by atoms with E-state index in [1.807, 2.05) is 0 Å². The topological polar surface area (TPSA) is 80.7 Å². The lowest BCUT2D eigenvalue weighted by Gasteiger charge is -1.93. The van der Waals surface area contributed by atoms with Gasteiger partial charge < -0.3 is 14.6 Å². The average molecular weight is 298 g/mol. The van der Waals surface area contributed by atoms with Crippen LogP contribution in [0.1, 0.15) is 38.8 Å². The lowest BCUT2D eigenvalue weighted by atomic mass is 10.1. The maximum atomic E-state index is 9.82. The van der Waals surface area contributed by atoms with Gasteiger partial charge in [0.05, 0.1) is 6.61 Å². The van der Waals surface area contributed by atoms with Crippen molar-refractivity contribution in [2.75, 3.05) is 6.61 Å². The number of Topliss-reactive ketones (excluding diaryl/α,β-unsaturated/α-hetero) is 1. The quantitative estimate of drug-likeness (QED) is 0.636. The van der Waals surface area contributed by atoms with Crippen LogP contribution in [0.15, 0.2) is 24.3 Å². The molecule has 0 radical (unpaired) electrons. The molecule has 0 bridgehead atoms. The number of carboxylic acid groups (broad SMARTS) is 1. The summed E-state index contributed by atoms with van der Waals surface area (Å²) in [6.45, 7) is 10.7. The summed E-state index contributed by atoms with van der Waals surface area (Å²) in [4.78, 5) is 27.6. The fourth-order valence-electron chi connectivity index (χ4n) is 0.866. The fraction of sp³-hybridized carbons (Fsp3) is 0.438. The van der Waals surface area contributed by atoms with Crippen molar-refractivity contribution in [1.82, 2.24) is 0 Å². The molecule has 0 aliphatic heterocycles. The van der Waals surface area contributed by atoms with E-state index in [1.165, 1.54) is 31.9 Å². The molecule has 5 nitrogen and oxygen atoms in total. The fourth-order valence-corrected chi connectivity index (χ4v) is 0.866. The molecule has 120 valence electrons. The largest absolute Gasteiger partial charge is 0.483 e. The smallest absolute Gasteiger partial charge is 0.302 e. The van der Waals surface area contributed by atoms with Crippen molar-refractivity contribution in [2.24, 2.45) is 0 Å². The van der Waals surface area contributed by atoms with E-state index in [1.54, 1.807) is 6.92 Å². The van der Waals surface area contributed by atoms with Gasteiger partial charge in [-0.1, -0.05) is 24.3 Å². The first-order chi connectivity index (χ1) is 9.72. The van der Waals surface area contributed by atoms with Crippen molar-refractivity contribution in [2.45, 2.75) is 41.5 Å². The van der Waals surface area contributed by atoms with Crippen molar-refractivity contribution in [1.29, 1.82) is 0 Å². The Morgan fingerprint density at radius 3 is 1.48 bits per heavy atom. The van der Waals surface area contributed by atoms with E-state index in [-0.39, 0.29) is 18.2 Å². The first kappa shape index (κ1) is 23.9. The van der Waals surface area contributed by atoms with Gasteiger partial charge in [0.2, 0.25) is 0 Å². The summed E-state index contributed by atoms with van der Waals surface area (Å²) in [7, 11) is 0. The Labute approximate surface area is 126 Å². The summed E-state index contributed by atoms with van der Waals surface area (Å²) in [6.07, 6.45) is 0. The summed E-state index contributed by atoms with van der Waals surface area (Å²) < 4.78 is 4.40. The van der Waals surface area contributed by atoms with E-state index in [0.29, 0.717) is 6.61 Å². The third-order valence-corrected chi connectivity index (χ3v) is 1.77. The Morgan fingerprint density at radius 2 is 1.38 bits per heavy atom. The monoisotopic (exact) mass is 298 g/mol. The zero-order valence-corrected chi connectivity index (χ0v) is 13.7. The van der Waals surface area contributed by atoms with Crippen LogP contribution in [0.25, 0.3) is 0 Å². The molecule has 21 heavy (non-hydrogen) atoms. The number of esters is 1. The number of hydrogen-bond acceptors (Lipinski definition) is 4. The molecule has 0 saturated heterocycles. The number of benzene rings is 1. The first-order valence-corrected chi connectivity index (χ1v) is 6.43. The molecule has 1 N–H and O–H groups in total. The van der Waals surface area contributed by atoms with Crippen molar-refractivity contribution in [3.63, 3.8) is 0 Å². The number of hydrogen-bond donors (Lipinski definition) is 1. The average Bonchev–Trinajstić information content (AvgIpc) is 2.34. The molecule has 0 heterocycles. The summed E-state index contributed by atoms with van der Waals surface area (Å²) >= 11 is 0. The third-order valence-electron chi connectivity index (χ3n) is 1.77. The Balaban J connectivity index is -0.000000223. The predicted molar refractivity (Wildman–Crippen MR) is 83.3 cm³/mol. The molecule has 0 unspecified atom stereocenters. The molecule has 0 amide bonds. The minimum Gasteiger partial charge on any atom is -0.483 e. The van der Waals surface area contributed by atoms with Gasteiger partial charge in [-0.05, 0) is 45.7 Å². The molecule has 1 aromatic rings. The highest BCUT2D eigenvalue weighted by Crippen LogP contribution is 2.02. The molecule has 0 saturated carbocycles. The normalized spacial score (nSPS) is 7.52. The molecule has 0 aliphatic carbocycles. The Kier molecular flexibility index (Phi) is 20.3. The molecule has 1 aromatic carbocycles. The maximum Gasteiger partial charge on any atom is 0.302 e. The van der Waals surface area contributed by atoms with E-state index in [0.717, 1.165) is 0 Å². The van der Waals surface area contributed by atoms with E-state index < -0.39 is 0 Å². The number of ketones is 1. The summed E-state index contributed by atoms with van der Waals surface area (Å²) in [5.41, 5.74) is 2.74. The second kappa shape index (κ2) is 17.8. The molecule has 0 aliphatic rings. The molecule has 0 aromatic heterocycles. The Morgan fingerprint density at radius 1 is 1.10 bits per heavy atom. The van der Waals surface area contributed by atoms with Gasteiger partial charge in [-0.2, -0.15) is 0 Å². The number of carbonyl (C=O) groups is 3. The number of rotatable bonds is 1. The highest BCUT2D eigenvalue weighted by Gasteiger charge is 1.84. The summed E-state index contributed by atoms with van der Waals surface area (Å²) in [5, 5.41) is 6.89. The van der Waals surface area contributed by atoms with Gasteiger partial charge in [0.1, 0.15) is 5.78 Å². The maximum absolute atomic E-state index is 9.82. The Hall–Kier alpha value is -2.17. The van der Waals surface area contributed by atoms with Crippen LogP contribution in [0, 0.1) is 13.8 Å². The van der Waals surface area contributed by atoms with Crippen LogP contribution in [0.4, 0.5) is 0 Å². The molecule has 1 rings (SSSR count). The predicted octanol–water partition coefficient (Wildman–Crippen LogP) is 3.17. The standard InChI is InChI=1S/C8H10.C4H8O2.C3H6O.CH2O2/c1-7-5-3-4-6-8(7)2;1-3-6-4(2)5;1-3(2)4;2-1-3/h3-6H,1-2H3;3H2,1-2H3;1-2H3;1H,(H,2,3). The van der Waals surface area contributed by atoms with Crippen molar-refractivity contribution < 1.29 is 24.2 Å². The van der Waals surface area contributed by atoms with Crippen LogP contribution in [0.2, 0.25) is 0 Å². The van der Waals surface area contributed by atoms with Crippen LogP contribution in [-0.4, -0.2) is 29.9 Å². The van der Waals surface area contributed by atoms with Crippen LogP contribution in [0.3, 0.4) is 0 Å². The van der Waals surface area contributed by atoms with Gasteiger partial charge in [-0.3, -0.25) is 9.59 Å². The minimum absolute atomic E-state index is 0.167. The molecule has 0 atom stereocenters. The second-order valence-corrected chi connectivity index (χ2v) is 4.02. The summed E-state index contributed by atoms with van der Waals surface area (Å²) in [5.74, 6) is -0.0440. The van der Waals surface area contributed by atoms with Gasteiger partial charge in [0.25, 0.3) is 6.47 Å². The van der Waals surface area contributed by atoms with E-state index in [9.17, 15) is 9.59 Å². The van der Waals surface area contributed by atoms with Gasteiger partial charge in [0.15, 0.2) is 0 Å². The lowest BCUT2D eigenvalue weighted by Crippen LogP contribution is -1.95. The number of ether oxygens (including phenoxy) is 1. The molecule has 0 spiro atoms. The van der Waals surface area contributed by atoms with Crippen LogP contribution < -0.4 is 0 Å². The number of aryl methyl sites for hydroxylation is 2. The van der Waals surface area contributed by atoms with Crippen LogP contribution in [0.5, 0.6) is 0 Å². The van der Waals surface area contributed by atoms with Gasteiger partial charge in [0, 0.05) is 6.92 Å². The van der Waals surface area contributed by atoms with Gasteiger partial charge in [-0.25, -0.2) is 0 Å². The van der Waals surface area contributed by atoms with Crippen LogP contribution in [-0.2, 0) is 19.1 Å². The molecule has 0 fully saturated rings. The Bertz CT molecular complexity index is 374. The third kappa shape index (κ3) is 31.9. The van der Waals surface area contributed by atoms with Gasteiger partial charge >= 0.3 is 5.97 Å². The van der Waals surface area contributed by atoms with E-state index in [2.05, 4.69) is 42.8 Å².